The predicted octanol–water partition coefficient (Wildman–Crippen LogP) is 2.69. The van der Waals surface area contributed by atoms with Crippen molar-refractivity contribution in [2.24, 2.45) is 0 Å². The van der Waals surface area contributed by atoms with Gasteiger partial charge in [0.2, 0.25) is 0 Å². The van der Waals surface area contributed by atoms with Crippen molar-refractivity contribution in [1.29, 1.82) is 0 Å². The average Bonchev–Trinajstić information content (AvgIpc) is 2.31. The van der Waals surface area contributed by atoms with Crippen molar-refractivity contribution < 1.29 is 9.53 Å². The standard InChI is InChI=1S/C12H9NO2/c14-9-10-8-12(6-7-13-10)15-11-4-2-1-3-5-11/h1-9H. The second-order valence-corrected chi connectivity index (χ2v) is 2.95. The molecule has 0 unspecified atom stereocenters. The van der Waals surface area contributed by atoms with Crippen LogP contribution in [0.15, 0.2) is 48.7 Å². The zero-order valence-corrected chi connectivity index (χ0v) is 7.96. The molecule has 74 valence electrons. The molecule has 2 rings (SSSR count). The lowest BCUT2D eigenvalue weighted by atomic mass is 10.3. The molecule has 0 saturated heterocycles. The summed E-state index contributed by atoms with van der Waals surface area (Å²) in [7, 11) is 0. The summed E-state index contributed by atoms with van der Waals surface area (Å²) >= 11 is 0. The minimum atomic E-state index is 0.364. The van der Waals surface area contributed by atoms with E-state index in [0.29, 0.717) is 17.7 Å². The van der Waals surface area contributed by atoms with E-state index >= 15 is 0 Å². The third-order valence-electron chi connectivity index (χ3n) is 1.85. The van der Waals surface area contributed by atoms with Crippen molar-refractivity contribution in [2.45, 2.75) is 0 Å². The maximum atomic E-state index is 10.5. The van der Waals surface area contributed by atoms with E-state index in [1.165, 1.54) is 0 Å². The molecule has 0 aliphatic rings. The molecule has 0 fully saturated rings. The van der Waals surface area contributed by atoms with Gasteiger partial charge in [-0.2, -0.15) is 0 Å². The van der Waals surface area contributed by atoms with Crippen LogP contribution in [0.4, 0.5) is 0 Å². The van der Waals surface area contributed by atoms with E-state index < -0.39 is 0 Å². The van der Waals surface area contributed by atoms with Crippen LogP contribution >= 0.6 is 0 Å². The lowest BCUT2D eigenvalue weighted by molar-refractivity contribution is 0.111. The number of hydrogen-bond donors (Lipinski definition) is 0. The number of hydrogen-bond acceptors (Lipinski definition) is 3. The van der Waals surface area contributed by atoms with Gasteiger partial charge in [-0.25, -0.2) is 0 Å². The Balaban J connectivity index is 2.21. The fraction of sp³-hybridized carbons (Fsp3) is 0. The molecule has 0 radical (unpaired) electrons. The van der Waals surface area contributed by atoms with Gasteiger partial charge in [-0.3, -0.25) is 9.78 Å². The Hall–Kier alpha value is -2.16. The molecule has 3 nitrogen and oxygen atoms in total. The number of ether oxygens (including phenoxy) is 1. The van der Waals surface area contributed by atoms with Crippen molar-refractivity contribution >= 4 is 6.29 Å². The van der Waals surface area contributed by atoms with Crippen molar-refractivity contribution in [3.05, 3.63) is 54.4 Å². The largest absolute Gasteiger partial charge is 0.457 e. The van der Waals surface area contributed by atoms with Gasteiger partial charge in [0.15, 0.2) is 6.29 Å². The van der Waals surface area contributed by atoms with Crippen molar-refractivity contribution in [1.82, 2.24) is 4.98 Å². The summed E-state index contributed by atoms with van der Waals surface area (Å²) in [5.74, 6) is 1.35. The Bertz CT molecular complexity index is 454. The highest BCUT2D eigenvalue weighted by Gasteiger charge is 1.98. The van der Waals surface area contributed by atoms with Crippen LogP contribution in [-0.2, 0) is 0 Å². The van der Waals surface area contributed by atoms with Gasteiger partial charge in [0.25, 0.3) is 0 Å². The van der Waals surface area contributed by atoms with Gasteiger partial charge in [-0.1, -0.05) is 18.2 Å². The third-order valence-corrected chi connectivity index (χ3v) is 1.85. The van der Waals surface area contributed by atoms with E-state index in [0.717, 1.165) is 5.75 Å². The number of aldehydes is 1. The number of nitrogens with zero attached hydrogens (tertiary/aromatic N) is 1. The van der Waals surface area contributed by atoms with Gasteiger partial charge in [0.1, 0.15) is 17.2 Å². The summed E-state index contributed by atoms with van der Waals surface area (Å²) < 4.78 is 5.52. The van der Waals surface area contributed by atoms with Crippen LogP contribution in [0.1, 0.15) is 10.5 Å². The zero-order chi connectivity index (χ0) is 10.5. The van der Waals surface area contributed by atoms with Crippen molar-refractivity contribution in [3.63, 3.8) is 0 Å². The number of benzene rings is 1. The molecule has 0 amide bonds. The first-order valence-electron chi connectivity index (χ1n) is 4.52. The van der Waals surface area contributed by atoms with Gasteiger partial charge in [0, 0.05) is 12.3 Å². The predicted molar refractivity (Wildman–Crippen MR) is 56.1 cm³/mol. The molecule has 0 bridgehead atoms. The molecule has 15 heavy (non-hydrogen) atoms. The van der Waals surface area contributed by atoms with E-state index in [1.54, 1.807) is 18.3 Å². The van der Waals surface area contributed by atoms with Gasteiger partial charge >= 0.3 is 0 Å². The van der Waals surface area contributed by atoms with Crippen LogP contribution in [0.2, 0.25) is 0 Å². The molecule has 0 aliphatic carbocycles. The zero-order valence-electron chi connectivity index (χ0n) is 7.96. The summed E-state index contributed by atoms with van der Waals surface area (Å²) in [5, 5.41) is 0. The normalized spacial score (nSPS) is 9.60. The lowest BCUT2D eigenvalue weighted by Crippen LogP contribution is -1.88. The third kappa shape index (κ3) is 2.40. The molecule has 0 N–H and O–H groups in total. The number of rotatable bonds is 3. The molecule has 1 aromatic heterocycles. The maximum Gasteiger partial charge on any atom is 0.168 e. The highest BCUT2D eigenvalue weighted by atomic mass is 16.5. The van der Waals surface area contributed by atoms with Gasteiger partial charge in [-0.05, 0) is 18.2 Å². The molecule has 0 saturated carbocycles. The van der Waals surface area contributed by atoms with E-state index in [2.05, 4.69) is 4.98 Å². The van der Waals surface area contributed by atoms with Crippen LogP contribution in [0.25, 0.3) is 0 Å². The first-order chi connectivity index (χ1) is 7.38. The lowest BCUT2D eigenvalue weighted by Gasteiger charge is -2.04. The molecule has 0 aliphatic heterocycles. The smallest absolute Gasteiger partial charge is 0.168 e. The van der Waals surface area contributed by atoms with Gasteiger partial charge in [0.05, 0.1) is 0 Å². The molecule has 0 spiro atoms. The topological polar surface area (TPSA) is 39.2 Å². The minimum Gasteiger partial charge on any atom is -0.457 e. The van der Waals surface area contributed by atoms with Crippen LogP contribution in [0, 0.1) is 0 Å². The second kappa shape index (κ2) is 4.37. The molecule has 1 aromatic carbocycles. The number of carbonyl (C=O) groups is 1. The highest BCUT2D eigenvalue weighted by Crippen LogP contribution is 2.20. The summed E-state index contributed by atoms with van der Waals surface area (Å²) in [6.07, 6.45) is 2.24. The van der Waals surface area contributed by atoms with Crippen LogP contribution in [-0.4, -0.2) is 11.3 Å². The fourth-order valence-corrected chi connectivity index (χ4v) is 1.18. The quantitative estimate of drug-likeness (QED) is 0.713. The van der Waals surface area contributed by atoms with Crippen LogP contribution in [0.3, 0.4) is 0 Å². The number of aromatic nitrogens is 1. The Morgan fingerprint density at radius 3 is 2.60 bits per heavy atom. The van der Waals surface area contributed by atoms with Crippen LogP contribution in [0.5, 0.6) is 11.5 Å². The average molecular weight is 199 g/mol. The van der Waals surface area contributed by atoms with Gasteiger partial charge < -0.3 is 4.74 Å². The summed E-state index contributed by atoms with van der Waals surface area (Å²) in [4.78, 5) is 14.3. The molecular formula is C12H9NO2. The SMILES string of the molecule is O=Cc1cc(Oc2ccccc2)ccn1. The molecular weight excluding hydrogens is 190 g/mol. The molecule has 0 atom stereocenters. The second-order valence-electron chi connectivity index (χ2n) is 2.95. The Morgan fingerprint density at radius 1 is 1.07 bits per heavy atom. The highest BCUT2D eigenvalue weighted by molar-refractivity contribution is 5.72. The van der Waals surface area contributed by atoms with E-state index in [9.17, 15) is 4.79 Å². The number of pyridine rings is 1. The fourth-order valence-electron chi connectivity index (χ4n) is 1.18. The maximum absolute atomic E-state index is 10.5. The molecule has 2 aromatic rings. The van der Waals surface area contributed by atoms with E-state index in [-0.39, 0.29) is 0 Å². The van der Waals surface area contributed by atoms with E-state index in [4.69, 9.17) is 4.74 Å². The van der Waals surface area contributed by atoms with Crippen molar-refractivity contribution in [3.8, 4) is 11.5 Å². The number of carbonyl (C=O) groups excluding carboxylic acids is 1. The summed E-state index contributed by atoms with van der Waals surface area (Å²) in [6, 6.07) is 12.7. The summed E-state index contributed by atoms with van der Waals surface area (Å²) in [5.41, 5.74) is 0.364. The minimum absolute atomic E-state index is 0.364. The summed E-state index contributed by atoms with van der Waals surface area (Å²) in [6.45, 7) is 0. The number of para-hydroxylation sites is 1. The van der Waals surface area contributed by atoms with Crippen molar-refractivity contribution in [2.75, 3.05) is 0 Å². The Labute approximate surface area is 87.3 Å². The Kier molecular flexibility index (Phi) is 2.74. The Morgan fingerprint density at radius 2 is 1.87 bits per heavy atom. The van der Waals surface area contributed by atoms with Crippen LogP contribution < -0.4 is 4.74 Å². The first kappa shape index (κ1) is 9.40. The molecule has 3 heteroatoms. The van der Waals surface area contributed by atoms with E-state index in [1.807, 2.05) is 30.3 Å². The first-order valence-corrected chi connectivity index (χ1v) is 4.52. The molecule has 1 heterocycles. The van der Waals surface area contributed by atoms with Gasteiger partial charge in [-0.15, -0.1) is 0 Å². The monoisotopic (exact) mass is 199 g/mol.